The van der Waals surface area contributed by atoms with Crippen LogP contribution in [-0.4, -0.2) is 89.0 Å². The van der Waals surface area contributed by atoms with Crippen LogP contribution in [0.25, 0.3) is 0 Å². The monoisotopic (exact) mass is 777 g/mol. The molecule has 0 radical (unpaired) electrons. The molecule has 0 aromatic heterocycles. The lowest BCUT2D eigenvalue weighted by Crippen LogP contribution is -2.59. The van der Waals surface area contributed by atoms with Crippen molar-refractivity contribution in [3.05, 3.63) is 60.8 Å². The van der Waals surface area contributed by atoms with Gasteiger partial charge in [-0.15, -0.1) is 0 Å². The second-order valence-electron chi connectivity index (χ2n) is 14.4. The molecule has 0 spiro atoms. The van der Waals surface area contributed by atoms with Crippen molar-refractivity contribution in [1.82, 2.24) is 0 Å². The summed E-state index contributed by atoms with van der Waals surface area (Å²) in [5, 5.41) is 40.0. The van der Waals surface area contributed by atoms with Crippen LogP contribution >= 0.6 is 0 Å². The van der Waals surface area contributed by atoms with Gasteiger partial charge in [-0.2, -0.15) is 0 Å². The first-order valence-corrected chi connectivity index (χ1v) is 21.4. The second kappa shape index (κ2) is 35.8. The zero-order valence-corrected chi connectivity index (χ0v) is 34.2. The van der Waals surface area contributed by atoms with Gasteiger partial charge in [-0.25, -0.2) is 0 Å². The molecule has 10 heteroatoms. The van der Waals surface area contributed by atoms with E-state index in [1.54, 1.807) is 0 Å². The third-order valence-electron chi connectivity index (χ3n) is 9.39. The highest BCUT2D eigenvalue weighted by Gasteiger charge is 2.44. The van der Waals surface area contributed by atoms with E-state index in [2.05, 4.69) is 74.6 Å². The third kappa shape index (κ3) is 27.6. The molecule has 1 unspecified atom stereocenters. The van der Waals surface area contributed by atoms with Gasteiger partial charge in [-0.1, -0.05) is 126 Å². The standard InChI is InChI=1S/C45H76O10/c1-3-5-7-9-11-13-15-17-19-21-23-25-27-29-31-33-40(47)52-36-38(37-53-45-44(51)43(50)42(49)39(35-46)55-45)54-41(48)34-32-30-28-26-24-22-20-18-16-14-12-10-8-6-4-2/h5,7,11-14,17-20,38-39,42-46,49-51H,3-4,6,8-10,15-16,21-37H2,1-2H3/b7-5-,13-11-,14-12-,19-17-,20-18-/t38?,39-,42+,43+,44-,45-/m1/s1. The molecule has 1 fully saturated rings. The summed E-state index contributed by atoms with van der Waals surface area (Å²) in [5.74, 6) is -0.848. The molecule has 6 atom stereocenters. The first-order valence-electron chi connectivity index (χ1n) is 21.4. The number of rotatable bonds is 34. The average molecular weight is 777 g/mol. The smallest absolute Gasteiger partial charge is 0.306 e. The van der Waals surface area contributed by atoms with Crippen LogP contribution in [-0.2, 0) is 28.5 Å². The van der Waals surface area contributed by atoms with Crippen molar-refractivity contribution in [3.8, 4) is 0 Å². The Morgan fingerprint density at radius 2 is 1.07 bits per heavy atom. The fourth-order valence-corrected chi connectivity index (χ4v) is 6.00. The van der Waals surface area contributed by atoms with Gasteiger partial charge in [0, 0.05) is 12.8 Å². The summed E-state index contributed by atoms with van der Waals surface area (Å²) < 4.78 is 22.1. The van der Waals surface area contributed by atoms with E-state index in [4.69, 9.17) is 18.9 Å². The van der Waals surface area contributed by atoms with Gasteiger partial charge in [-0.05, 0) is 77.0 Å². The van der Waals surface area contributed by atoms with E-state index in [9.17, 15) is 30.0 Å². The minimum atomic E-state index is -1.60. The van der Waals surface area contributed by atoms with Crippen LogP contribution < -0.4 is 0 Å². The van der Waals surface area contributed by atoms with Gasteiger partial charge in [0.1, 0.15) is 31.0 Å². The van der Waals surface area contributed by atoms with Gasteiger partial charge in [0.2, 0.25) is 0 Å². The number of hydrogen-bond donors (Lipinski definition) is 4. The second-order valence-corrected chi connectivity index (χ2v) is 14.4. The number of esters is 2. The number of hydrogen-bond acceptors (Lipinski definition) is 10. The number of carbonyl (C=O) groups is 2. The summed E-state index contributed by atoms with van der Waals surface area (Å²) in [6, 6.07) is 0. The third-order valence-corrected chi connectivity index (χ3v) is 9.39. The van der Waals surface area contributed by atoms with Crippen LogP contribution in [0.5, 0.6) is 0 Å². The lowest BCUT2D eigenvalue weighted by molar-refractivity contribution is -0.305. The maximum Gasteiger partial charge on any atom is 0.306 e. The zero-order chi connectivity index (χ0) is 40.2. The number of aliphatic hydroxyl groups is 4. The molecule has 0 bridgehead atoms. The number of ether oxygens (including phenoxy) is 4. The van der Waals surface area contributed by atoms with Crippen molar-refractivity contribution < 1.29 is 49.0 Å². The van der Waals surface area contributed by atoms with E-state index < -0.39 is 55.4 Å². The molecule has 1 aliphatic rings. The molecule has 0 aromatic rings. The molecular weight excluding hydrogens is 700 g/mol. The van der Waals surface area contributed by atoms with Crippen LogP contribution in [0.4, 0.5) is 0 Å². The molecule has 0 aliphatic carbocycles. The van der Waals surface area contributed by atoms with E-state index >= 15 is 0 Å². The molecule has 1 rings (SSSR count). The Balaban J connectivity index is 2.38. The molecular formula is C45H76O10. The highest BCUT2D eigenvalue weighted by Crippen LogP contribution is 2.22. The van der Waals surface area contributed by atoms with Gasteiger partial charge in [-0.3, -0.25) is 9.59 Å². The quantitative estimate of drug-likeness (QED) is 0.0284. The first-order chi connectivity index (χ1) is 26.8. The summed E-state index contributed by atoms with van der Waals surface area (Å²) in [4.78, 5) is 25.3. The van der Waals surface area contributed by atoms with Crippen LogP contribution in [0.3, 0.4) is 0 Å². The predicted molar refractivity (Wildman–Crippen MR) is 219 cm³/mol. The van der Waals surface area contributed by atoms with Crippen molar-refractivity contribution in [2.75, 3.05) is 19.8 Å². The van der Waals surface area contributed by atoms with Crippen LogP contribution in [0, 0.1) is 0 Å². The van der Waals surface area contributed by atoms with Crippen molar-refractivity contribution in [2.24, 2.45) is 0 Å². The minimum Gasteiger partial charge on any atom is -0.462 e. The summed E-state index contributed by atoms with van der Waals surface area (Å²) in [5.41, 5.74) is 0. The largest absolute Gasteiger partial charge is 0.462 e. The summed E-state index contributed by atoms with van der Waals surface area (Å²) in [7, 11) is 0. The van der Waals surface area contributed by atoms with Gasteiger partial charge in [0.05, 0.1) is 13.2 Å². The number of allylic oxidation sites excluding steroid dienone is 10. The van der Waals surface area contributed by atoms with E-state index in [0.717, 1.165) is 96.3 Å². The van der Waals surface area contributed by atoms with E-state index in [1.807, 2.05) is 0 Å². The van der Waals surface area contributed by atoms with Gasteiger partial charge < -0.3 is 39.4 Å². The molecule has 55 heavy (non-hydrogen) atoms. The number of unbranched alkanes of at least 4 members (excludes halogenated alkanes) is 13. The van der Waals surface area contributed by atoms with Crippen molar-refractivity contribution in [3.63, 3.8) is 0 Å². The predicted octanol–water partition coefficient (Wildman–Crippen LogP) is 8.66. The highest BCUT2D eigenvalue weighted by molar-refractivity contribution is 5.70. The summed E-state index contributed by atoms with van der Waals surface area (Å²) in [6.07, 6.45) is 35.1. The van der Waals surface area contributed by atoms with Gasteiger partial charge in [0.25, 0.3) is 0 Å². The molecule has 1 aliphatic heterocycles. The Morgan fingerprint density at radius 3 is 1.62 bits per heavy atom. The molecule has 0 saturated carbocycles. The van der Waals surface area contributed by atoms with Crippen molar-refractivity contribution in [1.29, 1.82) is 0 Å². The van der Waals surface area contributed by atoms with E-state index in [0.29, 0.717) is 12.8 Å². The molecule has 10 nitrogen and oxygen atoms in total. The van der Waals surface area contributed by atoms with E-state index in [-0.39, 0.29) is 26.1 Å². The van der Waals surface area contributed by atoms with Crippen LogP contribution in [0.1, 0.15) is 155 Å². The lowest BCUT2D eigenvalue weighted by atomic mass is 9.99. The van der Waals surface area contributed by atoms with E-state index in [1.165, 1.54) is 19.3 Å². The first kappa shape index (κ1) is 50.4. The zero-order valence-electron chi connectivity index (χ0n) is 34.2. The SMILES string of the molecule is CC/C=C\C/C=C\C/C=C\CCCCCCCC(=O)OCC(CO[C@@H]1O[C@H](CO)[C@H](O)[C@H](O)[C@H]1O)OC(=O)CCCCCCC/C=C\C/C=C\CCCCC. The highest BCUT2D eigenvalue weighted by atomic mass is 16.7. The lowest BCUT2D eigenvalue weighted by Gasteiger charge is -2.39. The molecule has 1 heterocycles. The molecule has 0 amide bonds. The Labute approximate surface area is 332 Å². The van der Waals surface area contributed by atoms with Crippen molar-refractivity contribution in [2.45, 2.75) is 192 Å². The normalized spacial score (nSPS) is 21.2. The Bertz CT molecular complexity index is 1080. The molecule has 0 aromatic carbocycles. The fraction of sp³-hybridized carbons (Fsp3) is 0.733. The van der Waals surface area contributed by atoms with Gasteiger partial charge >= 0.3 is 11.9 Å². The topological polar surface area (TPSA) is 152 Å². The Kier molecular flexibility index (Phi) is 32.8. The van der Waals surface area contributed by atoms with Crippen LogP contribution in [0.15, 0.2) is 60.8 Å². The minimum absolute atomic E-state index is 0.207. The van der Waals surface area contributed by atoms with Gasteiger partial charge in [0.15, 0.2) is 12.4 Å². The molecule has 316 valence electrons. The Morgan fingerprint density at radius 1 is 0.582 bits per heavy atom. The summed E-state index contributed by atoms with van der Waals surface area (Å²) in [6.45, 7) is 3.23. The van der Waals surface area contributed by atoms with Crippen LogP contribution in [0.2, 0.25) is 0 Å². The molecule has 4 N–H and O–H groups in total. The fourth-order valence-electron chi connectivity index (χ4n) is 6.00. The number of carbonyl (C=O) groups excluding carboxylic acids is 2. The summed E-state index contributed by atoms with van der Waals surface area (Å²) >= 11 is 0. The maximum atomic E-state index is 12.7. The average Bonchev–Trinajstić information content (AvgIpc) is 3.18. The number of aliphatic hydroxyl groups excluding tert-OH is 4. The van der Waals surface area contributed by atoms with Crippen molar-refractivity contribution >= 4 is 11.9 Å². The Hall–Kier alpha value is -2.60. The molecule has 1 saturated heterocycles. The maximum absolute atomic E-state index is 12.7.